The maximum absolute atomic E-state index is 12.5. The van der Waals surface area contributed by atoms with Crippen LogP contribution in [0.5, 0.6) is 0 Å². The quantitative estimate of drug-likeness (QED) is 0.262. The normalized spacial score (nSPS) is 13.8. The van der Waals surface area contributed by atoms with Crippen LogP contribution in [0.15, 0.2) is 48.5 Å². The molecule has 0 spiro atoms. The number of halogens is 1. The summed E-state index contributed by atoms with van der Waals surface area (Å²) in [5.74, 6) is 0.212. The van der Waals surface area contributed by atoms with E-state index < -0.39 is 0 Å². The highest BCUT2D eigenvalue weighted by Crippen LogP contribution is 2.42. The van der Waals surface area contributed by atoms with Crippen molar-refractivity contribution in [2.24, 2.45) is 7.05 Å². The molecular formula is C29H27ClN4O2S. The lowest BCUT2D eigenvalue weighted by molar-refractivity contribution is -0.142. The second-order valence-corrected chi connectivity index (χ2v) is 10.9. The summed E-state index contributed by atoms with van der Waals surface area (Å²) >= 11 is 7.86. The largest absolute Gasteiger partial charge is 0.466 e. The van der Waals surface area contributed by atoms with Crippen molar-refractivity contribution in [3.05, 3.63) is 70.4 Å². The summed E-state index contributed by atoms with van der Waals surface area (Å²) in [5, 5.41) is 11.0. The second kappa shape index (κ2) is 9.56. The lowest BCUT2D eigenvalue weighted by atomic mass is 9.93. The Bertz CT molecular complexity index is 1650. The minimum atomic E-state index is -0.232. The van der Waals surface area contributed by atoms with Crippen LogP contribution in [0.25, 0.3) is 42.8 Å². The molecule has 3 aromatic carbocycles. The number of ether oxygens (including phenoxy) is 1. The number of aryl methyl sites for hydroxylation is 2. The van der Waals surface area contributed by atoms with Crippen molar-refractivity contribution in [1.29, 1.82) is 0 Å². The Kier molecular flexibility index (Phi) is 6.23. The molecule has 188 valence electrons. The van der Waals surface area contributed by atoms with Gasteiger partial charge < -0.3 is 10.1 Å². The number of carbonyl (C=O) groups is 1. The molecule has 1 saturated heterocycles. The number of aromatic nitrogens is 3. The number of hydrogen-bond donors (Lipinski definition) is 1. The third-order valence-electron chi connectivity index (χ3n) is 7.06. The molecule has 0 atom stereocenters. The van der Waals surface area contributed by atoms with Crippen molar-refractivity contribution in [3.63, 3.8) is 0 Å². The average molecular weight is 531 g/mol. The van der Waals surface area contributed by atoms with E-state index in [0.29, 0.717) is 17.5 Å². The third kappa shape index (κ3) is 4.31. The number of rotatable bonds is 6. The van der Waals surface area contributed by atoms with Gasteiger partial charge in [0.05, 0.1) is 34.5 Å². The maximum atomic E-state index is 12.5. The van der Waals surface area contributed by atoms with Crippen LogP contribution in [-0.4, -0.2) is 40.4 Å². The molecule has 1 aliphatic heterocycles. The smallest absolute Gasteiger partial charge is 0.310 e. The molecule has 0 unspecified atom stereocenters. The second-order valence-electron chi connectivity index (χ2n) is 9.50. The fourth-order valence-electron chi connectivity index (χ4n) is 5.07. The Labute approximate surface area is 224 Å². The first-order chi connectivity index (χ1) is 17.9. The number of nitrogens with zero attached hydrogens (tertiary/aromatic N) is 3. The zero-order valence-corrected chi connectivity index (χ0v) is 22.5. The summed E-state index contributed by atoms with van der Waals surface area (Å²) in [6.07, 6.45) is 0.210. The molecule has 6 nitrogen and oxygen atoms in total. The molecule has 0 radical (unpaired) electrons. The highest BCUT2D eigenvalue weighted by Gasteiger charge is 2.25. The number of benzene rings is 3. The van der Waals surface area contributed by atoms with E-state index in [1.165, 1.54) is 5.39 Å². The predicted octanol–water partition coefficient (Wildman–Crippen LogP) is 6.27. The van der Waals surface area contributed by atoms with Crippen LogP contribution in [0.2, 0.25) is 5.02 Å². The highest BCUT2D eigenvalue weighted by atomic mass is 35.5. The van der Waals surface area contributed by atoms with Gasteiger partial charge in [0.2, 0.25) is 0 Å². The Morgan fingerprint density at radius 1 is 1.16 bits per heavy atom. The Hall–Kier alpha value is -3.26. The third-order valence-corrected chi connectivity index (χ3v) is 8.45. The summed E-state index contributed by atoms with van der Waals surface area (Å²) in [4.78, 5) is 17.6. The Balaban J connectivity index is 1.52. The Morgan fingerprint density at radius 2 is 1.92 bits per heavy atom. The SMILES string of the molecule is CCOC(=O)Cc1c(C)cc2nc(-c3ccc4c(c3)c(C3CNC3)nn4C)sc2c1-c1ccc(Cl)cc1. The molecule has 1 N–H and O–H groups in total. The van der Waals surface area contributed by atoms with Crippen LogP contribution in [0.3, 0.4) is 0 Å². The van der Waals surface area contributed by atoms with Crippen molar-refractivity contribution in [1.82, 2.24) is 20.1 Å². The molecule has 0 bridgehead atoms. The van der Waals surface area contributed by atoms with Gasteiger partial charge in [-0.2, -0.15) is 5.10 Å². The molecule has 3 heterocycles. The van der Waals surface area contributed by atoms with E-state index in [2.05, 4.69) is 29.6 Å². The topological polar surface area (TPSA) is 69.0 Å². The van der Waals surface area contributed by atoms with Gasteiger partial charge in [-0.05, 0) is 66.9 Å². The van der Waals surface area contributed by atoms with Crippen LogP contribution in [0.1, 0.15) is 29.7 Å². The number of thiazole rings is 1. The van der Waals surface area contributed by atoms with E-state index in [4.69, 9.17) is 26.4 Å². The summed E-state index contributed by atoms with van der Waals surface area (Å²) < 4.78 is 8.32. The molecule has 6 rings (SSSR count). The van der Waals surface area contributed by atoms with Crippen LogP contribution >= 0.6 is 22.9 Å². The molecule has 1 aliphatic rings. The first kappa shape index (κ1) is 24.1. The van der Waals surface area contributed by atoms with Gasteiger partial charge in [0, 0.05) is 47.6 Å². The van der Waals surface area contributed by atoms with Crippen molar-refractivity contribution >= 4 is 50.0 Å². The summed E-state index contributed by atoms with van der Waals surface area (Å²) in [5.41, 5.74) is 8.28. The van der Waals surface area contributed by atoms with Crippen LogP contribution in [0.4, 0.5) is 0 Å². The zero-order valence-electron chi connectivity index (χ0n) is 21.0. The standard InChI is InChI=1S/C29H27ClN4O2S/c1-4-36-25(35)13-21-16(2)11-23-28(26(21)17-5-8-20(30)9-6-17)37-29(32-23)18-7-10-24-22(12-18)27(33-34(24)3)19-14-31-15-19/h5-12,19,31H,4,13-15H2,1-3H3. The lowest BCUT2D eigenvalue weighted by Crippen LogP contribution is -2.40. The molecule has 8 heteroatoms. The van der Waals surface area contributed by atoms with Gasteiger partial charge in [-0.15, -0.1) is 11.3 Å². The molecular weight excluding hydrogens is 504 g/mol. The average Bonchev–Trinajstić information content (AvgIpc) is 3.40. The van der Waals surface area contributed by atoms with E-state index in [1.54, 1.807) is 11.3 Å². The van der Waals surface area contributed by atoms with E-state index in [0.717, 1.165) is 67.3 Å². The summed E-state index contributed by atoms with van der Waals surface area (Å²) in [6, 6.07) is 16.3. The van der Waals surface area contributed by atoms with Crippen LogP contribution in [0, 0.1) is 6.92 Å². The molecule has 0 aliphatic carbocycles. The number of nitrogens with one attached hydrogen (secondary N) is 1. The van der Waals surface area contributed by atoms with E-state index in [9.17, 15) is 4.79 Å². The fourth-order valence-corrected chi connectivity index (χ4v) is 6.33. The minimum Gasteiger partial charge on any atom is -0.466 e. The van der Waals surface area contributed by atoms with Gasteiger partial charge in [-0.3, -0.25) is 9.48 Å². The first-order valence-corrected chi connectivity index (χ1v) is 13.6. The van der Waals surface area contributed by atoms with Gasteiger partial charge >= 0.3 is 5.97 Å². The number of hydrogen-bond acceptors (Lipinski definition) is 6. The highest BCUT2D eigenvalue weighted by molar-refractivity contribution is 7.22. The summed E-state index contributed by atoms with van der Waals surface area (Å²) in [6.45, 7) is 6.15. The minimum absolute atomic E-state index is 0.210. The van der Waals surface area contributed by atoms with Gasteiger partial charge in [0.15, 0.2) is 0 Å². The number of carbonyl (C=O) groups excluding carboxylic acids is 1. The van der Waals surface area contributed by atoms with Gasteiger partial charge in [0.25, 0.3) is 0 Å². The number of esters is 1. The molecule has 5 aromatic rings. The van der Waals surface area contributed by atoms with Gasteiger partial charge in [-0.25, -0.2) is 4.98 Å². The molecule has 37 heavy (non-hydrogen) atoms. The van der Waals surface area contributed by atoms with Gasteiger partial charge in [-0.1, -0.05) is 23.7 Å². The predicted molar refractivity (Wildman–Crippen MR) is 150 cm³/mol. The molecule has 0 amide bonds. The van der Waals surface area contributed by atoms with Crippen molar-refractivity contribution in [2.75, 3.05) is 19.7 Å². The number of fused-ring (bicyclic) bond motifs is 2. The van der Waals surface area contributed by atoms with E-state index >= 15 is 0 Å². The van der Waals surface area contributed by atoms with Crippen molar-refractivity contribution in [3.8, 4) is 21.7 Å². The van der Waals surface area contributed by atoms with Gasteiger partial charge in [0.1, 0.15) is 5.01 Å². The van der Waals surface area contributed by atoms with Crippen LogP contribution in [-0.2, 0) is 23.0 Å². The van der Waals surface area contributed by atoms with Crippen molar-refractivity contribution < 1.29 is 9.53 Å². The maximum Gasteiger partial charge on any atom is 0.310 e. The lowest BCUT2D eigenvalue weighted by Gasteiger charge is -2.25. The van der Waals surface area contributed by atoms with E-state index in [1.807, 2.05) is 49.8 Å². The van der Waals surface area contributed by atoms with E-state index in [-0.39, 0.29) is 12.4 Å². The molecule has 2 aromatic heterocycles. The summed E-state index contributed by atoms with van der Waals surface area (Å²) in [7, 11) is 2.00. The first-order valence-electron chi connectivity index (χ1n) is 12.4. The molecule has 1 fully saturated rings. The Morgan fingerprint density at radius 3 is 2.62 bits per heavy atom. The molecule has 0 saturated carbocycles. The fraction of sp³-hybridized carbons (Fsp3) is 0.276. The van der Waals surface area contributed by atoms with Crippen molar-refractivity contribution in [2.45, 2.75) is 26.2 Å². The zero-order chi connectivity index (χ0) is 25.7. The van der Waals surface area contributed by atoms with Crippen LogP contribution < -0.4 is 5.32 Å². The monoisotopic (exact) mass is 530 g/mol.